The second-order valence-corrected chi connectivity index (χ2v) is 6.47. The predicted molar refractivity (Wildman–Crippen MR) is 89.9 cm³/mol. The van der Waals surface area contributed by atoms with Gasteiger partial charge in [-0.05, 0) is 25.6 Å². The highest BCUT2D eigenvalue weighted by Gasteiger charge is 2.27. The molecule has 0 radical (unpaired) electrons. The smallest absolute Gasteiger partial charge is 0.226 e. The van der Waals surface area contributed by atoms with Crippen LogP contribution in [0.4, 0.5) is 4.39 Å². The zero-order chi connectivity index (χ0) is 17.8. The van der Waals surface area contributed by atoms with E-state index >= 15 is 0 Å². The Bertz CT molecular complexity index is 769. The highest BCUT2D eigenvalue weighted by Crippen LogP contribution is 2.20. The number of halogens is 1. The molecule has 7 heteroatoms. The molecule has 1 aliphatic heterocycles. The fraction of sp³-hybridized carbons (Fsp3) is 0.500. The second-order valence-electron chi connectivity index (χ2n) is 6.47. The minimum absolute atomic E-state index is 0.310. The third-order valence-corrected chi connectivity index (χ3v) is 4.65. The minimum atomic E-state index is -0.310. The summed E-state index contributed by atoms with van der Waals surface area (Å²) in [6.45, 7) is 4.98. The van der Waals surface area contributed by atoms with E-state index in [4.69, 9.17) is 9.78 Å². The first-order valence-corrected chi connectivity index (χ1v) is 8.51. The molecular formula is C18H22FN5O. The van der Waals surface area contributed by atoms with E-state index in [1.54, 1.807) is 12.1 Å². The molecule has 1 atom stereocenters. The quantitative estimate of drug-likeness (QED) is 0.802. The van der Waals surface area contributed by atoms with Crippen LogP contribution in [-0.4, -0.2) is 46.1 Å². The molecule has 0 spiro atoms. The molecule has 6 nitrogen and oxygen atoms in total. The third-order valence-electron chi connectivity index (χ3n) is 4.65. The number of aryl methyl sites for hydroxylation is 1. The molecule has 1 aromatic heterocycles. The van der Waals surface area contributed by atoms with Gasteiger partial charge in [-0.25, -0.2) is 4.39 Å². The molecule has 1 fully saturated rings. The van der Waals surface area contributed by atoms with Crippen molar-refractivity contribution in [2.75, 3.05) is 20.1 Å². The van der Waals surface area contributed by atoms with Crippen LogP contribution in [0, 0.1) is 17.1 Å². The van der Waals surface area contributed by atoms with E-state index in [0.717, 1.165) is 25.9 Å². The number of nitriles is 1. The van der Waals surface area contributed by atoms with Gasteiger partial charge >= 0.3 is 0 Å². The van der Waals surface area contributed by atoms with E-state index in [1.807, 2.05) is 13.0 Å². The summed E-state index contributed by atoms with van der Waals surface area (Å²) in [7, 11) is 2.05. The molecule has 1 saturated heterocycles. The van der Waals surface area contributed by atoms with Gasteiger partial charge in [0, 0.05) is 37.7 Å². The van der Waals surface area contributed by atoms with Gasteiger partial charge in [-0.15, -0.1) is 0 Å². The van der Waals surface area contributed by atoms with Crippen molar-refractivity contribution in [3.8, 4) is 6.07 Å². The first kappa shape index (κ1) is 17.5. The lowest BCUT2D eigenvalue weighted by Gasteiger charge is -2.23. The predicted octanol–water partition coefficient (Wildman–Crippen LogP) is 2.35. The van der Waals surface area contributed by atoms with Gasteiger partial charge in [0.25, 0.3) is 0 Å². The van der Waals surface area contributed by atoms with Crippen LogP contribution in [0.1, 0.15) is 36.2 Å². The summed E-state index contributed by atoms with van der Waals surface area (Å²) in [5.41, 5.74) is 0.986. The molecule has 0 aliphatic carbocycles. The number of nitrogens with zero attached hydrogens (tertiary/aromatic N) is 5. The Morgan fingerprint density at radius 1 is 1.48 bits per heavy atom. The van der Waals surface area contributed by atoms with Crippen molar-refractivity contribution >= 4 is 0 Å². The minimum Gasteiger partial charge on any atom is -0.339 e. The fourth-order valence-corrected chi connectivity index (χ4v) is 3.15. The van der Waals surface area contributed by atoms with Crippen LogP contribution in [-0.2, 0) is 19.5 Å². The van der Waals surface area contributed by atoms with Gasteiger partial charge in [0.2, 0.25) is 5.89 Å². The number of hydrogen-bond acceptors (Lipinski definition) is 6. The molecule has 3 rings (SSSR count). The average molecular weight is 343 g/mol. The van der Waals surface area contributed by atoms with Crippen LogP contribution in [0.5, 0.6) is 0 Å². The van der Waals surface area contributed by atoms with E-state index in [2.05, 4.69) is 27.0 Å². The van der Waals surface area contributed by atoms with Crippen LogP contribution in [0.25, 0.3) is 0 Å². The zero-order valence-electron chi connectivity index (χ0n) is 14.6. The second kappa shape index (κ2) is 7.72. The number of benzene rings is 1. The Balaban J connectivity index is 1.55. The van der Waals surface area contributed by atoms with E-state index in [-0.39, 0.29) is 5.82 Å². The van der Waals surface area contributed by atoms with Gasteiger partial charge in [-0.1, -0.05) is 18.1 Å². The summed E-state index contributed by atoms with van der Waals surface area (Å²) in [6, 6.07) is 7.01. The number of aromatic nitrogens is 2. The normalized spacial score (nSPS) is 18.0. The molecule has 2 aromatic rings. The molecule has 0 amide bonds. The summed E-state index contributed by atoms with van der Waals surface area (Å²) in [5, 5.41) is 12.8. The Hall–Kier alpha value is -2.30. The lowest BCUT2D eigenvalue weighted by Crippen LogP contribution is -2.34. The maximum absolute atomic E-state index is 14.1. The Kier molecular flexibility index (Phi) is 5.41. The summed E-state index contributed by atoms with van der Waals surface area (Å²) in [4.78, 5) is 8.80. The van der Waals surface area contributed by atoms with Crippen LogP contribution in [0.15, 0.2) is 22.7 Å². The molecule has 0 N–H and O–H groups in total. The van der Waals surface area contributed by atoms with Crippen LogP contribution < -0.4 is 0 Å². The number of rotatable bonds is 6. The number of likely N-dealkylation sites (N-methyl/N-ethyl adjacent to an activating group) is 1. The summed E-state index contributed by atoms with van der Waals surface area (Å²) in [5.74, 6) is 1.05. The molecule has 132 valence electrons. The van der Waals surface area contributed by atoms with E-state index in [1.165, 1.54) is 6.07 Å². The standard InChI is InChI=1S/C18H22FN5O/c1-3-18-21-17(22-25-18)12-23(2)15-6-7-24(11-15)10-14-5-4-13(9-20)8-16(14)19/h4-5,8,15H,3,6-7,10-12H2,1-2H3/t15-/m0/s1. The SMILES string of the molecule is CCc1nc(CN(C)[C@H]2CCN(Cc3ccc(C#N)cc3F)C2)no1. The summed E-state index contributed by atoms with van der Waals surface area (Å²) >= 11 is 0. The average Bonchev–Trinajstić information content (AvgIpc) is 3.26. The topological polar surface area (TPSA) is 69.2 Å². The maximum atomic E-state index is 14.1. The third kappa shape index (κ3) is 4.21. The van der Waals surface area contributed by atoms with E-state index in [0.29, 0.717) is 42.0 Å². The molecular weight excluding hydrogens is 321 g/mol. The molecule has 0 bridgehead atoms. The van der Waals surface area contributed by atoms with Gasteiger partial charge < -0.3 is 4.52 Å². The van der Waals surface area contributed by atoms with Gasteiger partial charge in [0.1, 0.15) is 5.82 Å². The van der Waals surface area contributed by atoms with Crippen molar-refractivity contribution < 1.29 is 8.91 Å². The van der Waals surface area contributed by atoms with Gasteiger partial charge in [-0.3, -0.25) is 9.80 Å². The first-order valence-electron chi connectivity index (χ1n) is 8.51. The molecule has 1 aromatic carbocycles. The summed E-state index contributed by atoms with van der Waals surface area (Å²) in [6.07, 6.45) is 1.76. The Labute approximate surface area is 146 Å². The van der Waals surface area contributed by atoms with Crippen molar-refractivity contribution in [2.45, 2.75) is 38.9 Å². The first-order chi connectivity index (χ1) is 12.1. The van der Waals surface area contributed by atoms with Crippen molar-refractivity contribution in [3.63, 3.8) is 0 Å². The number of hydrogen-bond donors (Lipinski definition) is 0. The maximum Gasteiger partial charge on any atom is 0.226 e. The Morgan fingerprint density at radius 2 is 2.32 bits per heavy atom. The highest BCUT2D eigenvalue weighted by molar-refractivity contribution is 5.32. The largest absolute Gasteiger partial charge is 0.339 e. The molecule has 0 saturated carbocycles. The van der Waals surface area contributed by atoms with E-state index < -0.39 is 0 Å². The van der Waals surface area contributed by atoms with Crippen molar-refractivity contribution in [1.82, 2.24) is 19.9 Å². The lowest BCUT2D eigenvalue weighted by molar-refractivity contribution is 0.215. The zero-order valence-corrected chi connectivity index (χ0v) is 14.6. The van der Waals surface area contributed by atoms with Gasteiger partial charge in [0.05, 0.1) is 18.2 Å². The molecule has 25 heavy (non-hydrogen) atoms. The van der Waals surface area contributed by atoms with Gasteiger partial charge in [0.15, 0.2) is 5.82 Å². The van der Waals surface area contributed by atoms with Crippen LogP contribution in [0.3, 0.4) is 0 Å². The van der Waals surface area contributed by atoms with Crippen molar-refractivity contribution in [1.29, 1.82) is 5.26 Å². The monoisotopic (exact) mass is 343 g/mol. The van der Waals surface area contributed by atoms with Gasteiger partial charge in [-0.2, -0.15) is 10.2 Å². The van der Waals surface area contributed by atoms with Crippen LogP contribution >= 0.6 is 0 Å². The summed E-state index contributed by atoms with van der Waals surface area (Å²) < 4.78 is 19.2. The Morgan fingerprint density at radius 3 is 3.00 bits per heavy atom. The molecule has 0 unspecified atom stereocenters. The lowest BCUT2D eigenvalue weighted by atomic mass is 10.1. The molecule has 1 aliphatic rings. The highest BCUT2D eigenvalue weighted by atomic mass is 19.1. The van der Waals surface area contributed by atoms with Crippen molar-refractivity contribution in [3.05, 3.63) is 46.9 Å². The van der Waals surface area contributed by atoms with Crippen LogP contribution in [0.2, 0.25) is 0 Å². The molecule has 2 heterocycles. The van der Waals surface area contributed by atoms with Crippen molar-refractivity contribution in [2.24, 2.45) is 0 Å². The number of likely N-dealkylation sites (tertiary alicyclic amines) is 1. The van der Waals surface area contributed by atoms with E-state index in [9.17, 15) is 4.39 Å². The fourth-order valence-electron chi connectivity index (χ4n) is 3.15.